The predicted molar refractivity (Wildman–Crippen MR) is 95.5 cm³/mol. The van der Waals surface area contributed by atoms with Crippen molar-refractivity contribution in [3.05, 3.63) is 66.0 Å². The summed E-state index contributed by atoms with van der Waals surface area (Å²) in [5.41, 5.74) is 1.90. The number of rotatable bonds is 4. The molecular formula is C19H19N3O3. The molecule has 0 unspecified atom stereocenters. The summed E-state index contributed by atoms with van der Waals surface area (Å²) < 4.78 is 0. The standard InChI is InChI=1S/C19H19N3O3/c23-18(9-6-15-4-2-1-3-5-15)22-12-10-21(11-13-22)16-7-8-17(19(24)25)20-14-16/h1-9,14H,10-13H2,(H,24,25)/b9-6+. The summed E-state index contributed by atoms with van der Waals surface area (Å²) in [6.07, 6.45) is 4.99. The van der Waals surface area contributed by atoms with Crippen LogP contribution in [0.15, 0.2) is 54.7 Å². The van der Waals surface area contributed by atoms with Gasteiger partial charge in [0.05, 0.1) is 11.9 Å². The first-order chi connectivity index (χ1) is 12.1. The fraction of sp³-hybridized carbons (Fsp3) is 0.211. The first-order valence-corrected chi connectivity index (χ1v) is 8.10. The number of carboxylic acid groups (broad SMARTS) is 1. The third kappa shape index (κ3) is 4.23. The van der Waals surface area contributed by atoms with Crippen molar-refractivity contribution in [2.75, 3.05) is 31.1 Å². The molecule has 6 nitrogen and oxygen atoms in total. The third-order valence-corrected chi connectivity index (χ3v) is 4.14. The largest absolute Gasteiger partial charge is 0.477 e. The minimum atomic E-state index is -1.04. The van der Waals surface area contributed by atoms with Crippen molar-refractivity contribution in [2.45, 2.75) is 0 Å². The molecule has 0 radical (unpaired) electrons. The molecule has 0 aliphatic carbocycles. The first-order valence-electron chi connectivity index (χ1n) is 8.10. The monoisotopic (exact) mass is 337 g/mol. The number of pyridine rings is 1. The summed E-state index contributed by atoms with van der Waals surface area (Å²) in [7, 11) is 0. The average molecular weight is 337 g/mol. The molecule has 2 heterocycles. The predicted octanol–water partition coefficient (Wildman–Crippen LogP) is 2.14. The van der Waals surface area contributed by atoms with Gasteiger partial charge in [0.1, 0.15) is 5.69 Å². The van der Waals surface area contributed by atoms with Gasteiger partial charge in [-0.15, -0.1) is 0 Å². The summed E-state index contributed by atoms with van der Waals surface area (Å²) in [5, 5.41) is 8.89. The van der Waals surface area contributed by atoms with Crippen LogP contribution in [0, 0.1) is 0 Å². The van der Waals surface area contributed by atoms with Gasteiger partial charge in [-0.1, -0.05) is 30.3 Å². The number of nitrogens with zero attached hydrogens (tertiary/aromatic N) is 3. The zero-order valence-corrected chi connectivity index (χ0v) is 13.7. The second kappa shape index (κ2) is 7.61. The molecule has 1 aromatic carbocycles. The highest BCUT2D eigenvalue weighted by atomic mass is 16.4. The summed E-state index contributed by atoms with van der Waals surface area (Å²) >= 11 is 0. The highest BCUT2D eigenvalue weighted by Crippen LogP contribution is 2.16. The van der Waals surface area contributed by atoms with E-state index >= 15 is 0 Å². The lowest BCUT2D eigenvalue weighted by Gasteiger charge is -2.35. The van der Waals surface area contributed by atoms with Crippen LogP contribution in [-0.2, 0) is 4.79 Å². The smallest absolute Gasteiger partial charge is 0.354 e. The lowest BCUT2D eigenvalue weighted by atomic mass is 10.2. The van der Waals surface area contributed by atoms with E-state index in [-0.39, 0.29) is 11.6 Å². The fourth-order valence-corrected chi connectivity index (χ4v) is 2.72. The van der Waals surface area contributed by atoms with E-state index in [1.165, 1.54) is 6.07 Å². The molecule has 1 aliphatic rings. The second-order valence-electron chi connectivity index (χ2n) is 5.76. The van der Waals surface area contributed by atoms with Crippen LogP contribution in [-0.4, -0.2) is 53.0 Å². The van der Waals surface area contributed by atoms with Crippen LogP contribution in [0.2, 0.25) is 0 Å². The third-order valence-electron chi connectivity index (χ3n) is 4.14. The van der Waals surface area contributed by atoms with E-state index in [0.29, 0.717) is 26.2 Å². The molecule has 2 aromatic rings. The van der Waals surface area contributed by atoms with Crippen LogP contribution in [0.3, 0.4) is 0 Å². The molecular weight excluding hydrogens is 318 g/mol. The zero-order chi connectivity index (χ0) is 17.6. The normalized spacial score (nSPS) is 14.7. The molecule has 1 aliphatic heterocycles. The van der Waals surface area contributed by atoms with E-state index in [4.69, 9.17) is 5.11 Å². The molecule has 0 atom stereocenters. The number of carbonyl (C=O) groups excluding carboxylic acids is 1. The molecule has 0 saturated carbocycles. The quantitative estimate of drug-likeness (QED) is 0.865. The van der Waals surface area contributed by atoms with Crippen LogP contribution < -0.4 is 4.90 Å². The minimum Gasteiger partial charge on any atom is -0.477 e. The Labute approximate surface area is 146 Å². The number of aromatic carboxylic acids is 1. The first kappa shape index (κ1) is 16.7. The van der Waals surface area contributed by atoms with Gasteiger partial charge in [0.25, 0.3) is 0 Å². The van der Waals surface area contributed by atoms with Crippen LogP contribution in [0.4, 0.5) is 5.69 Å². The lowest BCUT2D eigenvalue weighted by Crippen LogP contribution is -2.48. The van der Waals surface area contributed by atoms with Crippen molar-refractivity contribution in [2.24, 2.45) is 0 Å². The van der Waals surface area contributed by atoms with Gasteiger partial charge in [0, 0.05) is 32.3 Å². The molecule has 6 heteroatoms. The van der Waals surface area contributed by atoms with Crippen LogP contribution >= 0.6 is 0 Å². The second-order valence-corrected chi connectivity index (χ2v) is 5.76. The fourth-order valence-electron chi connectivity index (χ4n) is 2.72. The summed E-state index contributed by atoms with van der Waals surface area (Å²) in [5.74, 6) is -1.03. The number of amides is 1. The molecule has 128 valence electrons. The molecule has 0 spiro atoms. The van der Waals surface area contributed by atoms with Gasteiger partial charge < -0.3 is 14.9 Å². The summed E-state index contributed by atoms with van der Waals surface area (Å²) in [6, 6.07) is 13.0. The van der Waals surface area contributed by atoms with E-state index in [1.807, 2.05) is 41.3 Å². The van der Waals surface area contributed by atoms with E-state index < -0.39 is 5.97 Å². The molecule has 1 fully saturated rings. The Bertz CT molecular complexity index is 764. The van der Waals surface area contributed by atoms with Gasteiger partial charge in [-0.2, -0.15) is 0 Å². The Kier molecular flexibility index (Phi) is 5.09. The summed E-state index contributed by atoms with van der Waals surface area (Å²) in [6.45, 7) is 2.63. The van der Waals surface area contributed by atoms with Crippen molar-refractivity contribution < 1.29 is 14.7 Å². The number of hydrogen-bond acceptors (Lipinski definition) is 4. The van der Waals surface area contributed by atoms with E-state index in [1.54, 1.807) is 18.3 Å². The van der Waals surface area contributed by atoms with Gasteiger partial charge >= 0.3 is 5.97 Å². The molecule has 1 N–H and O–H groups in total. The molecule has 0 bridgehead atoms. The Balaban J connectivity index is 1.55. The van der Waals surface area contributed by atoms with Crippen LogP contribution in [0.25, 0.3) is 6.08 Å². The number of aromatic nitrogens is 1. The molecule has 1 amide bonds. The molecule has 1 saturated heterocycles. The van der Waals surface area contributed by atoms with Gasteiger partial charge in [-0.05, 0) is 23.8 Å². The average Bonchev–Trinajstić information content (AvgIpc) is 2.67. The highest BCUT2D eigenvalue weighted by Gasteiger charge is 2.20. The van der Waals surface area contributed by atoms with Gasteiger partial charge in [-0.25, -0.2) is 9.78 Å². The number of carbonyl (C=O) groups is 2. The number of benzene rings is 1. The van der Waals surface area contributed by atoms with Crippen LogP contribution in [0.5, 0.6) is 0 Å². The van der Waals surface area contributed by atoms with Crippen molar-refractivity contribution in [1.29, 1.82) is 0 Å². The Morgan fingerprint density at radius 3 is 2.32 bits per heavy atom. The number of anilines is 1. The van der Waals surface area contributed by atoms with E-state index in [9.17, 15) is 9.59 Å². The Morgan fingerprint density at radius 1 is 1.00 bits per heavy atom. The molecule has 25 heavy (non-hydrogen) atoms. The van der Waals surface area contributed by atoms with Gasteiger partial charge in [-0.3, -0.25) is 4.79 Å². The van der Waals surface area contributed by atoms with Crippen LogP contribution in [0.1, 0.15) is 16.1 Å². The number of carboxylic acids is 1. The Morgan fingerprint density at radius 2 is 1.72 bits per heavy atom. The Hall–Kier alpha value is -3.15. The van der Waals surface area contributed by atoms with Crippen molar-refractivity contribution in [1.82, 2.24) is 9.88 Å². The zero-order valence-electron chi connectivity index (χ0n) is 13.7. The number of piperazine rings is 1. The van der Waals surface area contributed by atoms with E-state index in [2.05, 4.69) is 9.88 Å². The lowest BCUT2D eigenvalue weighted by molar-refractivity contribution is -0.126. The maximum Gasteiger partial charge on any atom is 0.354 e. The molecule has 1 aromatic heterocycles. The topological polar surface area (TPSA) is 73.7 Å². The highest BCUT2D eigenvalue weighted by molar-refractivity contribution is 5.92. The maximum atomic E-state index is 12.3. The van der Waals surface area contributed by atoms with E-state index in [0.717, 1.165) is 11.3 Å². The molecule has 3 rings (SSSR count). The summed E-state index contributed by atoms with van der Waals surface area (Å²) in [4.78, 5) is 31.0. The maximum absolute atomic E-state index is 12.3. The number of hydrogen-bond donors (Lipinski definition) is 1. The van der Waals surface area contributed by atoms with Crippen molar-refractivity contribution >= 4 is 23.6 Å². The minimum absolute atomic E-state index is 0.00264. The van der Waals surface area contributed by atoms with Gasteiger partial charge in [0.2, 0.25) is 5.91 Å². The van der Waals surface area contributed by atoms with Gasteiger partial charge in [0.15, 0.2) is 0 Å². The van der Waals surface area contributed by atoms with Crippen molar-refractivity contribution in [3.8, 4) is 0 Å². The SMILES string of the molecule is O=C(O)c1ccc(N2CCN(C(=O)/C=C/c3ccccc3)CC2)cn1. The van der Waals surface area contributed by atoms with Crippen molar-refractivity contribution in [3.63, 3.8) is 0 Å².